The molecular weight excluding hydrogens is 166 g/mol. The molecule has 1 unspecified atom stereocenters. The van der Waals surface area contributed by atoms with Gasteiger partial charge in [0.05, 0.1) is 12.2 Å². The molecule has 0 aromatic heterocycles. The highest BCUT2D eigenvalue weighted by molar-refractivity contribution is 4.82. The van der Waals surface area contributed by atoms with Crippen LogP contribution in [-0.4, -0.2) is 38.5 Å². The topological polar surface area (TPSA) is 30.5 Å². The molecule has 1 fully saturated rings. The Morgan fingerprint density at radius 2 is 2.38 bits per heavy atom. The van der Waals surface area contributed by atoms with Crippen molar-refractivity contribution in [1.29, 1.82) is 0 Å². The minimum absolute atomic E-state index is 0.0756. The third kappa shape index (κ3) is 4.07. The van der Waals surface area contributed by atoms with Crippen LogP contribution >= 0.6 is 0 Å². The Bertz CT molecular complexity index is 133. The van der Waals surface area contributed by atoms with Gasteiger partial charge in [-0.1, -0.05) is 0 Å². The molecule has 0 aliphatic carbocycles. The minimum Gasteiger partial charge on any atom is -0.380 e. The third-order valence-electron chi connectivity index (χ3n) is 2.43. The van der Waals surface area contributed by atoms with Gasteiger partial charge in [0.1, 0.15) is 0 Å². The first-order valence-electron chi connectivity index (χ1n) is 5.19. The highest BCUT2D eigenvalue weighted by Gasteiger charge is 2.28. The summed E-state index contributed by atoms with van der Waals surface area (Å²) in [5.74, 6) is 0. The highest BCUT2D eigenvalue weighted by Crippen LogP contribution is 2.23. The van der Waals surface area contributed by atoms with Gasteiger partial charge in [-0.15, -0.1) is 0 Å². The summed E-state index contributed by atoms with van der Waals surface area (Å²) in [5, 5.41) is 3.35. The molecule has 1 heterocycles. The second-order valence-corrected chi connectivity index (χ2v) is 3.78. The van der Waals surface area contributed by atoms with Gasteiger partial charge < -0.3 is 14.8 Å². The molecule has 1 N–H and O–H groups in total. The van der Waals surface area contributed by atoms with Crippen molar-refractivity contribution in [3.05, 3.63) is 0 Å². The van der Waals surface area contributed by atoms with Gasteiger partial charge in [-0.2, -0.15) is 0 Å². The van der Waals surface area contributed by atoms with E-state index >= 15 is 0 Å². The third-order valence-corrected chi connectivity index (χ3v) is 2.43. The van der Waals surface area contributed by atoms with E-state index in [1.807, 2.05) is 6.92 Å². The van der Waals surface area contributed by atoms with Crippen LogP contribution in [0.3, 0.4) is 0 Å². The second kappa shape index (κ2) is 5.58. The molecule has 0 bridgehead atoms. The van der Waals surface area contributed by atoms with Gasteiger partial charge in [0.15, 0.2) is 0 Å². The van der Waals surface area contributed by atoms with Crippen molar-refractivity contribution in [3.8, 4) is 0 Å². The molecule has 78 valence electrons. The lowest BCUT2D eigenvalue weighted by molar-refractivity contribution is 0.0194. The zero-order valence-corrected chi connectivity index (χ0v) is 8.77. The van der Waals surface area contributed by atoms with Gasteiger partial charge in [-0.3, -0.25) is 0 Å². The monoisotopic (exact) mass is 187 g/mol. The van der Waals surface area contributed by atoms with E-state index in [1.165, 1.54) is 12.8 Å². The van der Waals surface area contributed by atoms with Crippen LogP contribution in [0.4, 0.5) is 0 Å². The molecule has 3 nitrogen and oxygen atoms in total. The Balaban J connectivity index is 1.98. The van der Waals surface area contributed by atoms with E-state index in [2.05, 4.69) is 12.2 Å². The summed E-state index contributed by atoms with van der Waals surface area (Å²) < 4.78 is 10.9. The van der Waals surface area contributed by atoms with Crippen LogP contribution in [0.15, 0.2) is 0 Å². The Morgan fingerprint density at radius 1 is 1.54 bits per heavy atom. The first kappa shape index (κ1) is 11.0. The highest BCUT2D eigenvalue weighted by atomic mass is 16.5. The van der Waals surface area contributed by atoms with Crippen LogP contribution in [0, 0.1) is 0 Å². The lowest BCUT2D eigenvalue weighted by Crippen LogP contribution is -2.38. The Hall–Kier alpha value is -0.120. The molecule has 1 atom stereocenters. The average molecular weight is 187 g/mol. The molecule has 1 rings (SSSR count). The van der Waals surface area contributed by atoms with Crippen molar-refractivity contribution in [3.63, 3.8) is 0 Å². The Morgan fingerprint density at radius 3 is 3.00 bits per heavy atom. The zero-order chi connectivity index (χ0) is 9.57. The van der Waals surface area contributed by atoms with Crippen molar-refractivity contribution >= 4 is 0 Å². The van der Waals surface area contributed by atoms with E-state index in [0.29, 0.717) is 0 Å². The first-order chi connectivity index (χ1) is 6.27. The lowest BCUT2D eigenvalue weighted by atomic mass is 10.0. The molecule has 13 heavy (non-hydrogen) atoms. The SMILES string of the molecule is CCOCCNCC1(C)CCCO1. The summed E-state index contributed by atoms with van der Waals surface area (Å²) in [6.45, 7) is 8.58. The van der Waals surface area contributed by atoms with E-state index in [1.54, 1.807) is 0 Å². The van der Waals surface area contributed by atoms with E-state index < -0.39 is 0 Å². The molecule has 0 amide bonds. The number of hydrogen-bond acceptors (Lipinski definition) is 3. The fourth-order valence-corrected chi connectivity index (χ4v) is 1.62. The fourth-order valence-electron chi connectivity index (χ4n) is 1.62. The molecule has 0 spiro atoms. The van der Waals surface area contributed by atoms with Crippen molar-refractivity contribution in [2.75, 3.05) is 32.9 Å². The van der Waals surface area contributed by atoms with E-state index in [-0.39, 0.29) is 5.60 Å². The second-order valence-electron chi connectivity index (χ2n) is 3.78. The maximum Gasteiger partial charge on any atom is 0.0779 e. The maximum atomic E-state index is 5.64. The predicted molar refractivity (Wildman–Crippen MR) is 53.0 cm³/mol. The largest absolute Gasteiger partial charge is 0.380 e. The van der Waals surface area contributed by atoms with Gasteiger partial charge in [0.25, 0.3) is 0 Å². The predicted octanol–water partition coefficient (Wildman–Crippen LogP) is 1.18. The minimum atomic E-state index is 0.0756. The quantitative estimate of drug-likeness (QED) is 0.633. The molecule has 0 aromatic carbocycles. The van der Waals surface area contributed by atoms with Gasteiger partial charge in [-0.25, -0.2) is 0 Å². The molecule has 3 heteroatoms. The van der Waals surface area contributed by atoms with Crippen LogP contribution in [0.1, 0.15) is 26.7 Å². The number of rotatable bonds is 6. The molecule has 1 aliphatic rings. The Labute approximate surface area is 80.8 Å². The molecule has 0 saturated carbocycles. The van der Waals surface area contributed by atoms with Crippen LogP contribution in [0.5, 0.6) is 0 Å². The van der Waals surface area contributed by atoms with Crippen molar-refractivity contribution in [2.45, 2.75) is 32.3 Å². The van der Waals surface area contributed by atoms with Crippen molar-refractivity contribution in [2.24, 2.45) is 0 Å². The Kier molecular flexibility index (Phi) is 4.70. The standard InChI is InChI=1S/C10H21NO2/c1-3-12-8-6-11-9-10(2)5-4-7-13-10/h11H,3-9H2,1-2H3. The molecule has 0 aromatic rings. The summed E-state index contributed by atoms with van der Waals surface area (Å²) in [6.07, 6.45) is 2.37. The summed E-state index contributed by atoms with van der Waals surface area (Å²) in [7, 11) is 0. The van der Waals surface area contributed by atoms with E-state index in [0.717, 1.165) is 32.9 Å². The number of ether oxygens (including phenoxy) is 2. The van der Waals surface area contributed by atoms with Crippen LogP contribution < -0.4 is 5.32 Å². The van der Waals surface area contributed by atoms with Crippen LogP contribution in [0.25, 0.3) is 0 Å². The molecule has 1 saturated heterocycles. The van der Waals surface area contributed by atoms with Gasteiger partial charge in [0.2, 0.25) is 0 Å². The summed E-state index contributed by atoms with van der Waals surface area (Å²) >= 11 is 0. The average Bonchev–Trinajstić information content (AvgIpc) is 2.53. The molecule has 0 radical (unpaired) electrons. The van der Waals surface area contributed by atoms with Gasteiger partial charge in [-0.05, 0) is 26.7 Å². The first-order valence-corrected chi connectivity index (χ1v) is 5.19. The fraction of sp³-hybridized carbons (Fsp3) is 1.00. The van der Waals surface area contributed by atoms with Crippen LogP contribution in [-0.2, 0) is 9.47 Å². The maximum absolute atomic E-state index is 5.64. The number of hydrogen-bond donors (Lipinski definition) is 1. The van der Waals surface area contributed by atoms with Crippen LogP contribution in [0.2, 0.25) is 0 Å². The van der Waals surface area contributed by atoms with Crippen molar-refractivity contribution in [1.82, 2.24) is 5.32 Å². The summed E-state index contributed by atoms with van der Waals surface area (Å²) in [6, 6.07) is 0. The zero-order valence-electron chi connectivity index (χ0n) is 8.77. The smallest absolute Gasteiger partial charge is 0.0779 e. The van der Waals surface area contributed by atoms with Crippen molar-refractivity contribution < 1.29 is 9.47 Å². The molecule has 1 aliphatic heterocycles. The normalized spacial score (nSPS) is 28.2. The summed E-state index contributed by atoms with van der Waals surface area (Å²) in [4.78, 5) is 0. The summed E-state index contributed by atoms with van der Waals surface area (Å²) in [5.41, 5.74) is 0.0756. The van der Waals surface area contributed by atoms with E-state index in [4.69, 9.17) is 9.47 Å². The molecular formula is C10H21NO2. The lowest BCUT2D eigenvalue weighted by Gasteiger charge is -2.23. The van der Waals surface area contributed by atoms with Gasteiger partial charge in [0, 0.05) is 26.3 Å². The van der Waals surface area contributed by atoms with Gasteiger partial charge >= 0.3 is 0 Å². The number of nitrogens with one attached hydrogen (secondary N) is 1. The van der Waals surface area contributed by atoms with E-state index in [9.17, 15) is 0 Å².